The molecule has 6 nitrogen and oxygen atoms in total. The summed E-state index contributed by atoms with van der Waals surface area (Å²) in [6.45, 7) is 9.81. The molecule has 7 heteroatoms. The molecule has 0 aromatic carbocycles. The number of halogens is 1. The number of carbonyl (C=O) groups is 2. The lowest BCUT2D eigenvalue weighted by Crippen LogP contribution is -2.55. The van der Waals surface area contributed by atoms with Gasteiger partial charge in [-0.3, -0.25) is 19.4 Å². The van der Waals surface area contributed by atoms with Crippen molar-refractivity contribution in [1.29, 1.82) is 0 Å². The fourth-order valence-electron chi connectivity index (χ4n) is 2.75. The third-order valence-corrected chi connectivity index (χ3v) is 4.78. The van der Waals surface area contributed by atoms with E-state index in [1.54, 1.807) is 0 Å². The van der Waals surface area contributed by atoms with Crippen LogP contribution in [0.1, 0.15) is 47.0 Å². The van der Waals surface area contributed by atoms with Gasteiger partial charge in [-0.1, -0.05) is 6.92 Å². The predicted octanol–water partition coefficient (Wildman–Crippen LogP) is 1.58. The van der Waals surface area contributed by atoms with Crippen LogP contribution in [0, 0.1) is 0 Å². The van der Waals surface area contributed by atoms with Crippen molar-refractivity contribution in [3.63, 3.8) is 0 Å². The molecule has 0 aliphatic carbocycles. The molecule has 1 aliphatic rings. The Balaban J connectivity index is 0.00000484. The van der Waals surface area contributed by atoms with Crippen molar-refractivity contribution in [1.82, 2.24) is 15.1 Å². The maximum absolute atomic E-state index is 12.3. The van der Waals surface area contributed by atoms with Crippen molar-refractivity contribution in [2.24, 2.45) is 0 Å². The van der Waals surface area contributed by atoms with Gasteiger partial charge in [0.15, 0.2) is 0 Å². The minimum absolute atomic E-state index is 0. The Morgan fingerprint density at radius 3 is 2.30 bits per heavy atom. The smallest absolute Gasteiger partial charge is 0.317 e. The van der Waals surface area contributed by atoms with E-state index in [2.05, 4.69) is 17.1 Å². The van der Waals surface area contributed by atoms with Crippen LogP contribution in [0.3, 0.4) is 0 Å². The van der Waals surface area contributed by atoms with Crippen LogP contribution < -0.4 is 5.32 Å². The highest BCUT2D eigenvalue weighted by atomic mass is 35.5. The standard InChI is InChI=1S/C16H31N3O3.ClH/c1-6-16(3,4)17-15(22)12(2)19-9-7-13(8-10-19)18(5)11-14(20)21;/h12-13H,6-11H2,1-5H3,(H,17,22)(H,20,21);1H. The number of nitrogens with zero attached hydrogens (tertiary/aromatic N) is 2. The van der Waals surface area contributed by atoms with Gasteiger partial charge in [-0.25, -0.2) is 0 Å². The second-order valence-corrected chi connectivity index (χ2v) is 6.98. The zero-order valence-electron chi connectivity index (χ0n) is 15.0. The Kier molecular flexibility index (Phi) is 9.10. The van der Waals surface area contributed by atoms with E-state index in [-0.39, 0.29) is 42.5 Å². The molecule has 1 rings (SSSR count). The number of nitrogens with one attached hydrogen (secondary N) is 1. The van der Waals surface area contributed by atoms with Crippen molar-refractivity contribution in [3.05, 3.63) is 0 Å². The topological polar surface area (TPSA) is 72.9 Å². The van der Waals surface area contributed by atoms with E-state index in [9.17, 15) is 9.59 Å². The maximum Gasteiger partial charge on any atom is 0.317 e. The average Bonchev–Trinajstić information content (AvgIpc) is 2.45. The van der Waals surface area contributed by atoms with Crippen LogP contribution in [0.4, 0.5) is 0 Å². The quantitative estimate of drug-likeness (QED) is 0.730. The number of rotatable bonds is 7. The molecule has 0 saturated carbocycles. The summed E-state index contributed by atoms with van der Waals surface area (Å²) in [5.41, 5.74) is -0.175. The maximum atomic E-state index is 12.3. The van der Waals surface area contributed by atoms with Crippen LogP contribution in [0.2, 0.25) is 0 Å². The summed E-state index contributed by atoms with van der Waals surface area (Å²) in [6, 6.07) is 0.145. The molecule has 1 amide bonds. The molecule has 1 saturated heterocycles. The van der Waals surface area contributed by atoms with Crippen LogP contribution in [0.15, 0.2) is 0 Å². The van der Waals surface area contributed by atoms with Gasteiger partial charge in [0.25, 0.3) is 0 Å². The molecule has 0 bridgehead atoms. The van der Waals surface area contributed by atoms with Crippen molar-refractivity contribution < 1.29 is 14.7 Å². The third-order valence-electron chi connectivity index (χ3n) is 4.78. The first-order valence-corrected chi connectivity index (χ1v) is 8.14. The minimum Gasteiger partial charge on any atom is -0.480 e. The van der Waals surface area contributed by atoms with Crippen molar-refractivity contribution in [3.8, 4) is 0 Å². The fraction of sp³-hybridized carbons (Fsp3) is 0.875. The highest BCUT2D eigenvalue weighted by molar-refractivity contribution is 5.85. The minimum atomic E-state index is -0.792. The number of piperidine rings is 1. The lowest BCUT2D eigenvalue weighted by molar-refractivity contribution is -0.138. The van der Waals surface area contributed by atoms with Crippen molar-refractivity contribution >= 4 is 24.3 Å². The van der Waals surface area contributed by atoms with Crippen molar-refractivity contribution in [2.75, 3.05) is 26.7 Å². The molecule has 136 valence electrons. The number of aliphatic carboxylic acids is 1. The van der Waals surface area contributed by atoms with Gasteiger partial charge >= 0.3 is 5.97 Å². The van der Waals surface area contributed by atoms with Gasteiger partial charge in [-0.15, -0.1) is 12.4 Å². The highest BCUT2D eigenvalue weighted by Gasteiger charge is 2.30. The monoisotopic (exact) mass is 349 g/mol. The Morgan fingerprint density at radius 2 is 1.87 bits per heavy atom. The molecular weight excluding hydrogens is 318 g/mol. The molecule has 1 aliphatic heterocycles. The Labute approximate surface area is 146 Å². The number of hydrogen-bond acceptors (Lipinski definition) is 4. The SMILES string of the molecule is CCC(C)(C)NC(=O)C(C)N1CCC(N(C)CC(=O)O)CC1.Cl. The van der Waals surface area contributed by atoms with Gasteiger partial charge in [-0.05, 0) is 47.1 Å². The number of carboxylic acid groups (broad SMARTS) is 1. The number of carboxylic acids is 1. The summed E-state index contributed by atoms with van der Waals surface area (Å²) in [6.07, 6.45) is 2.70. The Hall–Kier alpha value is -0.850. The predicted molar refractivity (Wildman–Crippen MR) is 94.1 cm³/mol. The second kappa shape index (κ2) is 9.45. The van der Waals surface area contributed by atoms with E-state index in [0.717, 1.165) is 32.4 Å². The number of hydrogen-bond donors (Lipinski definition) is 2. The summed E-state index contributed by atoms with van der Waals surface area (Å²) in [5, 5.41) is 11.9. The zero-order valence-corrected chi connectivity index (χ0v) is 15.8. The van der Waals surface area contributed by atoms with E-state index in [0.29, 0.717) is 0 Å². The van der Waals surface area contributed by atoms with E-state index in [1.165, 1.54) is 0 Å². The molecule has 1 unspecified atom stereocenters. The lowest BCUT2D eigenvalue weighted by atomic mass is 9.99. The first kappa shape index (κ1) is 22.1. The van der Waals surface area contributed by atoms with Crippen LogP contribution in [0.25, 0.3) is 0 Å². The molecule has 0 radical (unpaired) electrons. The van der Waals surface area contributed by atoms with E-state index in [1.807, 2.05) is 32.7 Å². The molecule has 23 heavy (non-hydrogen) atoms. The largest absolute Gasteiger partial charge is 0.480 e. The van der Waals surface area contributed by atoms with Gasteiger partial charge in [0.1, 0.15) is 0 Å². The van der Waals surface area contributed by atoms with E-state index < -0.39 is 5.97 Å². The summed E-state index contributed by atoms with van der Waals surface area (Å²) in [7, 11) is 1.86. The van der Waals surface area contributed by atoms with Gasteiger partial charge in [0.05, 0.1) is 12.6 Å². The second-order valence-electron chi connectivity index (χ2n) is 6.98. The molecule has 1 heterocycles. The van der Waals surface area contributed by atoms with Gasteiger partial charge < -0.3 is 10.4 Å². The van der Waals surface area contributed by atoms with Gasteiger partial charge in [0.2, 0.25) is 5.91 Å². The number of likely N-dealkylation sites (tertiary alicyclic amines) is 1. The first-order valence-electron chi connectivity index (χ1n) is 8.14. The lowest BCUT2D eigenvalue weighted by Gasteiger charge is -2.39. The normalized spacial score (nSPS) is 18.3. The molecular formula is C16H32ClN3O3. The van der Waals surface area contributed by atoms with Gasteiger partial charge in [-0.2, -0.15) is 0 Å². The van der Waals surface area contributed by atoms with Crippen LogP contribution in [0.5, 0.6) is 0 Å². The summed E-state index contributed by atoms with van der Waals surface area (Å²) < 4.78 is 0. The van der Waals surface area contributed by atoms with E-state index in [4.69, 9.17) is 5.11 Å². The first-order chi connectivity index (χ1) is 10.2. The number of carbonyl (C=O) groups excluding carboxylic acids is 1. The van der Waals surface area contributed by atoms with Crippen LogP contribution in [-0.2, 0) is 9.59 Å². The average molecular weight is 350 g/mol. The summed E-state index contributed by atoms with van der Waals surface area (Å²) in [5.74, 6) is -0.719. The van der Waals surface area contributed by atoms with Crippen LogP contribution >= 0.6 is 12.4 Å². The van der Waals surface area contributed by atoms with Crippen molar-refractivity contribution in [2.45, 2.75) is 64.6 Å². The number of amides is 1. The number of likely N-dealkylation sites (N-methyl/N-ethyl adjacent to an activating group) is 1. The molecule has 1 atom stereocenters. The summed E-state index contributed by atoms with van der Waals surface area (Å²) in [4.78, 5) is 27.2. The molecule has 0 spiro atoms. The molecule has 0 aromatic heterocycles. The fourth-order valence-corrected chi connectivity index (χ4v) is 2.75. The highest BCUT2D eigenvalue weighted by Crippen LogP contribution is 2.18. The third kappa shape index (κ3) is 7.06. The summed E-state index contributed by atoms with van der Waals surface area (Å²) >= 11 is 0. The Morgan fingerprint density at radius 1 is 1.35 bits per heavy atom. The molecule has 1 fully saturated rings. The molecule has 2 N–H and O–H groups in total. The van der Waals surface area contributed by atoms with Crippen LogP contribution in [-0.4, -0.2) is 71.1 Å². The van der Waals surface area contributed by atoms with E-state index >= 15 is 0 Å². The zero-order chi connectivity index (χ0) is 16.9. The van der Waals surface area contributed by atoms with Gasteiger partial charge in [0, 0.05) is 24.7 Å². The Bertz CT molecular complexity index is 396. The molecule has 0 aromatic rings.